The first-order valence-corrected chi connectivity index (χ1v) is 11.4. The smallest absolute Gasteiger partial charge is 0.319 e. The Morgan fingerprint density at radius 3 is 2.72 bits per heavy atom. The molecule has 0 spiro atoms. The molecule has 7 heteroatoms. The van der Waals surface area contributed by atoms with Crippen molar-refractivity contribution in [2.45, 2.75) is 70.2 Å². The van der Waals surface area contributed by atoms with E-state index in [1.165, 1.54) is 17.3 Å². The van der Waals surface area contributed by atoms with Gasteiger partial charge in [0.2, 0.25) is 0 Å². The molecule has 1 heterocycles. The first kappa shape index (κ1) is 23.5. The number of carbonyl (C=O) groups is 1. The number of benzene rings is 1. The number of rotatable bonds is 11. The summed E-state index contributed by atoms with van der Waals surface area (Å²) in [5, 5.41) is 3.79. The van der Waals surface area contributed by atoms with E-state index in [-0.39, 0.29) is 11.2 Å². The van der Waals surface area contributed by atoms with Crippen LogP contribution in [-0.4, -0.2) is 27.8 Å². The number of anilines is 2. The predicted molar refractivity (Wildman–Crippen MR) is 121 cm³/mol. The van der Waals surface area contributed by atoms with E-state index >= 15 is 0 Å². The topological polar surface area (TPSA) is 64.1 Å². The number of halogens is 1. The first-order chi connectivity index (χ1) is 13.9. The molecule has 0 saturated carbocycles. The minimum absolute atomic E-state index is 0.221. The Labute approximate surface area is 183 Å². The van der Waals surface area contributed by atoms with Crippen molar-refractivity contribution < 1.29 is 9.53 Å². The van der Waals surface area contributed by atoms with E-state index in [9.17, 15) is 4.79 Å². The second kappa shape index (κ2) is 12.0. The number of thioether (sulfide) groups is 1. The van der Waals surface area contributed by atoms with E-state index in [4.69, 9.17) is 16.3 Å². The predicted octanol–water partition coefficient (Wildman–Crippen LogP) is 6.48. The molecule has 5 nitrogen and oxygen atoms in total. The van der Waals surface area contributed by atoms with Gasteiger partial charge in [-0.2, -0.15) is 0 Å². The Hall–Kier alpha value is -1.79. The standard InChI is InChI=1S/C22H30ClN3O2S/c1-5-7-8-9-13-18(21(27)28-6-2)29-22-25-19(23)14-20(26-22)24-17-12-10-11-15(3)16(17)4/h10-12,14,18H,5-9,13H2,1-4H3,(H,24,25,26). The Bertz CT molecular complexity index is 817. The Morgan fingerprint density at radius 2 is 2.00 bits per heavy atom. The van der Waals surface area contributed by atoms with Gasteiger partial charge in [-0.25, -0.2) is 9.97 Å². The van der Waals surface area contributed by atoms with Crippen LogP contribution in [0.15, 0.2) is 29.4 Å². The van der Waals surface area contributed by atoms with E-state index < -0.39 is 0 Å². The molecule has 158 valence electrons. The highest BCUT2D eigenvalue weighted by Crippen LogP contribution is 2.29. The van der Waals surface area contributed by atoms with Gasteiger partial charge in [0.1, 0.15) is 16.2 Å². The zero-order valence-electron chi connectivity index (χ0n) is 17.6. The number of nitrogens with one attached hydrogen (secondary N) is 1. The van der Waals surface area contributed by atoms with Crippen LogP contribution in [0.5, 0.6) is 0 Å². The molecule has 2 rings (SSSR count). The maximum atomic E-state index is 12.4. The maximum Gasteiger partial charge on any atom is 0.319 e. The average molecular weight is 436 g/mol. The van der Waals surface area contributed by atoms with Crippen LogP contribution in [0.25, 0.3) is 0 Å². The number of hydrogen-bond acceptors (Lipinski definition) is 6. The Balaban J connectivity index is 2.16. The van der Waals surface area contributed by atoms with Gasteiger partial charge in [0.05, 0.1) is 6.61 Å². The number of nitrogens with zero attached hydrogens (tertiary/aromatic N) is 2. The zero-order valence-corrected chi connectivity index (χ0v) is 19.2. The number of aromatic nitrogens is 2. The monoisotopic (exact) mass is 435 g/mol. The van der Waals surface area contributed by atoms with Crippen molar-refractivity contribution in [3.05, 3.63) is 40.5 Å². The molecular formula is C22H30ClN3O2S. The highest BCUT2D eigenvalue weighted by atomic mass is 35.5. The van der Waals surface area contributed by atoms with E-state index in [0.29, 0.717) is 22.7 Å². The lowest BCUT2D eigenvalue weighted by Crippen LogP contribution is -2.21. The van der Waals surface area contributed by atoms with Crippen molar-refractivity contribution in [1.82, 2.24) is 9.97 Å². The highest BCUT2D eigenvalue weighted by Gasteiger charge is 2.23. The van der Waals surface area contributed by atoms with Crippen molar-refractivity contribution in [2.75, 3.05) is 11.9 Å². The third-order valence-electron chi connectivity index (χ3n) is 4.66. The molecule has 1 N–H and O–H groups in total. The minimum atomic E-state index is -0.334. The number of carbonyl (C=O) groups excluding carboxylic acids is 1. The van der Waals surface area contributed by atoms with Crippen molar-refractivity contribution in [3.8, 4) is 0 Å². The fraction of sp³-hybridized carbons (Fsp3) is 0.500. The lowest BCUT2D eigenvalue weighted by Gasteiger charge is -2.15. The summed E-state index contributed by atoms with van der Waals surface area (Å²) in [5.74, 6) is 0.386. The van der Waals surface area contributed by atoms with Gasteiger partial charge in [-0.1, -0.05) is 68.1 Å². The van der Waals surface area contributed by atoms with Crippen LogP contribution >= 0.6 is 23.4 Å². The van der Waals surface area contributed by atoms with E-state index in [1.54, 1.807) is 6.07 Å². The lowest BCUT2D eigenvalue weighted by atomic mass is 10.1. The first-order valence-electron chi connectivity index (χ1n) is 10.2. The Morgan fingerprint density at radius 1 is 1.21 bits per heavy atom. The summed E-state index contributed by atoms with van der Waals surface area (Å²) < 4.78 is 5.25. The number of unbranched alkanes of at least 4 members (excludes halogenated alkanes) is 3. The third kappa shape index (κ3) is 7.52. The van der Waals surface area contributed by atoms with Crippen LogP contribution in [0, 0.1) is 13.8 Å². The van der Waals surface area contributed by atoms with Crippen LogP contribution in [0.1, 0.15) is 57.1 Å². The molecule has 0 aliphatic carbocycles. The minimum Gasteiger partial charge on any atom is -0.465 e. The molecule has 0 amide bonds. The zero-order chi connectivity index (χ0) is 21.2. The summed E-state index contributed by atoms with van der Waals surface area (Å²) in [6.07, 6.45) is 5.13. The summed E-state index contributed by atoms with van der Waals surface area (Å²) in [6.45, 7) is 8.47. The van der Waals surface area contributed by atoms with Gasteiger partial charge in [0.15, 0.2) is 5.16 Å². The van der Waals surface area contributed by atoms with Gasteiger partial charge < -0.3 is 10.1 Å². The van der Waals surface area contributed by atoms with Gasteiger partial charge in [-0.15, -0.1) is 0 Å². The number of esters is 1. The van der Waals surface area contributed by atoms with Gasteiger partial charge in [-0.05, 0) is 44.4 Å². The fourth-order valence-corrected chi connectivity index (χ4v) is 4.12. The molecule has 0 aliphatic heterocycles. The van der Waals surface area contributed by atoms with Crippen molar-refractivity contribution in [1.29, 1.82) is 0 Å². The van der Waals surface area contributed by atoms with Gasteiger partial charge in [-0.3, -0.25) is 4.79 Å². The van der Waals surface area contributed by atoms with Crippen LogP contribution in [-0.2, 0) is 9.53 Å². The van der Waals surface area contributed by atoms with Crippen molar-refractivity contribution in [3.63, 3.8) is 0 Å². The largest absolute Gasteiger partial charge is 0.465 e. The normalized spacial score (nSPS) is 11.9. The van der Waals surface area contributed by atoms with Crippen LogP contribution < -0.4 is 5.32 Å². The van der Waals surface area contributed by atoms with Crippen molar-refractivity contribution >= 4 is 40.8 Å². The SMILES string of the molecule is CCCCCCC(Sc1nc(Cl)cc(Nc2cccc(C)c2C)n1)C(=O)OCC. The van der Waals surface area contributed by atoms with Crippen LogP contribution in [0.4, 0.5) is 11.5 Å². The summed E-state index contributed by atoms with van der Waals surface area (Å²) in [6, 6.07) is 7.75. The maximum absolute atomic E-state index is 12.4. The quantitative estimate of drug-likeness (QED) is 0.143. The highest BCUT2D eigenvalue weighted by molar-refractivity contribution is 8.00. The number of aryl methyl sites for hydroxylation is 1. The molecule has 29 heavy (non-hydrogen) atoms. The molecule has 0 aliphatic rings. The van der Waals surface area contributed by atoms with Gasteiger partial charge in [0.25, 0.3) is 0 Å². The second-order valence-corrected chi connectivity index (χ2v) is 8.50. The molecule has 1 aromatic carbocycles. The van der Waals surface area contributed by atoms with Gasteiger partial charge >= 0.3 is 5.97 Å². The summed E-state index contributed by atoms with van der Waals surface area (Å²) in [5.41, 5.74) is 3.31. The number of ether oxygens (including phenoxy) is 1. The second-order valence-electron chi connectivity index (χ2n) is 6.94. The molecule has 0 radical (unpaired) electrons. The molecule has 0 bridgehead atoms. The molecule has 1 aromatic heterocycles. The lowest BCUT2D eigenvalue weighted by molar-refractivity contribution is -0.142. The van der Waals surface area contributed by atoms with E-state index in [0.717, 1.165) is 43.4 Å². The third-order valence-corrected chi connectivity index (χ3v) is 5.96. The molecular weight excluding hydrogens is 406 g/mol. The van der Waals surface area contributed by atoms with E-state index in [1.807, 2.05) is 19.1 Å². The van der Waals surface area contributed by atoms with Crippen LogP contribution in [0.3, 0.4) is 0 Å². The average Bonchev–Trinajstić information content (AvgIpc) is 2.67. The summed E-state index contributed by atoms with van der Waals surface area (Å²) in [7, 11) is 0. The van der Waals surface area contributed by atoms with Crippen LogP contribution in [0.2, 0.25) is 5.15 Å². The van der Waals surface area contributed by atoms with Gasteiger partial charge in [0, 0.05) is 11.8 Å². The Kier molecular flexibility index (Phi) is 9.74. The molecule has 0 saturated heterocycles. The van der Waals surface area contributed by atoms with E-state index in [2.05, 4.69) is 42.1 Å². The molecule has 2 aromatic rings. The summed E-state index contributed by atoms with van der Waals surface area (Å²) >= 11 is 7.56. The van der Waals surface area contributed by atoms with Crippen molar-refractivity contribution in [2.24, 2.45) is 0 Å². The summed E-state index contributed by atoms with van der Waals surface area (Å²) in [4.78, 5) is 21.3. The molecule has 0 fully saturated rings. The fourth-order valence-electron chi connectivity index (χ4n) is 2.88. The molecule has 1 unspecified atom stereocenters. The molecule has 1 atom stereocenters. The number of hydrogen-bond donors (Lipinski definition) is 1.